The van der Waals surface area contributed by atoms with Crippen LogP contribution in [0, 0.1) is 19.3 Å². The molecule has 0 fully saturated rings. The number of hydrogen-bond donors (Lipinski definition) is 1. The fourth-order valence-corrected chi connectivity index (χ4v) is 4.35. The highest BCUT2D eigenvalue weighted by Crippen LogP contribution is 2.56. The van der Waals surface area contributed by atoms with Gasteiger partial charge in [0.05, 0.1) is 0 Å². The number of ketones is 1. The summed E-state index contributed by atoms with van der Waals surface area (Å²) in [5.74, 6) is -0.115. The minimum absolute atomic E-state index is 0.0631. The van der Waals surface area contributed by atoms with Gasteiger partial charge in [-0.15, -0.1) is 0 Å². The lowest BCUT2D eigenvalue weighted by molar-refractivity contribution is -0.139. The molecule has 3 rings (SSSR count). The van der Waals surface area contributed by atoms with Crippen molar-refractivity contribution in [3.05, 3.63) is 34.4 Å². The number of rotatable bonds is 5. The molecule has 0 heterocycles. The lowest BCUT2D eigenvalue weighted by Crippen LogP contribution is -2.25. The van der Waals surface area contributed by atoms with Gasteiger partial charge >= 0.3 is 5.97 Å². The van der Waals surface area contributed by atoms with Gasteiger partial charge in [-0.3, -0.25) is 4.79 Å². The topological polar surface area (TPSA) is 63.6 Å². The average Bonchev–Trinajstić information content (AvgIpc) is 2.83. The van der Waals surface area contributed by atoms with Crippen molar-refractivity contribution in [1.29, 1.82) is 0 Å². The van der Waals surface area contributed by atoms with Crippen LogP contribution in [0.3, 0.4) is 0 Å². The third-order valence-electron chi connectivity index (χ3n) is 5.54. The molecule has 0 saturated heterocycles. The molecule has 1 atom stereocenters. The van der Waals surface area contributed by atoms with Crippen molar-refractivity contribution in [2.45, 2.75) is 52.9 Å². The lowest BCUT2D eigenvalue weighted by Gasteiger charge is -2.34. The van der Waals surface area contributed by atoms with E-state index in [-0.39, 0.29) is 17.8 Å². The van der Waals surface area contributed by atoms with Crippen LogP contribution >= 0.6 is 0 Å². The van der Waals surface area contributed by atoms with Crippen LogP contribution in [-0.4, -0.2) is 23.5 Å². The summed E-state index contributed by atoms with van der Waals surface area (Å²) < 4.78 is 5.49. The second-order valence-electron chi connectivity index (χ2n) is 7.07. The van der Waals surface area contributed by atoms with Crippen molar-refractivity contribution in [3.63, 3.8) is 0 Å². The number of ether oxygens (including phenoxy) is 1. The number of carboxylic acids is 1. The number of carbonyl (C=O) groups excluding carboxylic acids is 1. The number of benzene rings is 1. The van der Waals surface area contributed by atoms with E-state index < -0.39 is 5.97 Å². The van der Waals surface area contributed by atoms with Gasteiger partial charge in [0.15, 0.2) is 12.4 Å². The Hall–Kier alpha value is -2.10. The zero-order valence-electron chi connectivity index (χ0n) is 14.6. The maximum atomic E-state index is 12.0. The minimum Gasteiger partial charge on any atom is -0.482 e. The minimum atomic E-state index is -0.975. The Morgan fingerprint density at radius 3 is 2.75 bits per heavy atom. The van der Waals surface area contributed by atoms with E-state index in [0.29, 0.717) is 12.2 Å². The van der Waals surface area contributed by atoms with Crippen LogP contribution in [0.25, 0.3) is 5.57 Å². The van der Waals surface area contributed by atoms with E-state index in [1.54, 1.807) is 0 Å². The van der Waals surface area contributed by atoms with Crippen molar-refractivity contribution in [3.8, 4) is 5.75 Å². The number of fused-ring (bicyclic) bond motifs is 3. The van der Waals surface area contributed by atoms with E-state index in [1.807, 2.05) is 26.0 Å². The van der Waals surface area contributed by atoms with Crippen LogP contribution in [0.4, 0.5) is 0 Å². The predicted molar refractivity (Wildman–Crippen MR) is 92.3 cm³/mol. The molecule has 0 aromatic heterocycles. The standard InChI is InChI=1S/C20H24O4/c1-4-6-20-7-5-15(21)9-16(20)19-13(3)12(2)17(8-14(19)10-20)24-11-18(22)23/h8-9H,4-7,10-11H2,1-3H3,(H,22,23)/t20-/m1/s1. The Labute approximate surface area is 142 Å². The Morgan fingerprint density at radius 1 is 1.33 bits per heavy atom. The normalized spacial score (nSPS) is 22.0. The van der Waals surface area contributed by atoms with E-state index in [9.17, 15) is 9.59 Å². The maximum absolute atomic E-state index is 12.0. The van der Waals surface area contributed by atoms with Crippen LogP contribution in [-0.2, 0) is 16.0 Å². The van der Waals surface area contributed by atoms with E-state index in [1.165, 1.54) is 16.7 Å². The number of carboxylic acid groups (broad SMARTS) is 1. The lowest BCUT2D eigenvalue weighted by atomic mass is 9.69. The molecule has 0 radical (unpaired) electrons. The van der Waals surface area contributed by atoms with Crippen LogP contribution < -0.4 is 4.74 Å². The van der Waals surface area contributed by atoms with Gasteiger partial charge in [-0.2, -0.15) is 0 Å². The molecular weight excluding hydrogens is 304 g/mol. The van der Waals surface area contributed by atoms with Gasteiger partial charge in [0, 0.05) is 11.8 Å². The highest BCUT2D eigenvalue weighted by molar-refractivity contribution is 6.01. The molecule has 4 heteroatoms. The average molecular weight is 328 g/mol. The Kier molecular flexibility index (Phi) is 4.24. The van der Waals surface area contributed by atoms with Gasteiger partial charge in [-0.25, -0.2) is 4.79 Å². The smallest absolute Gasteiger partial charge is 0.341 e. The van der Waals surface area contributed by atoms with Crippen molar-refractivity contribution < 1.29 is 19.4 Å². The third-order valence-corrected chi connectivity index (χ3v) is 5.54. The molecule has 0 aliphatic heterocycles. The van der Waals surface area contributed by atoms with Gasteiger partial charge < -0.3 is 9.84 Å². The Morgan fingerprint density at radius 2 is 2.08 bits per heavy atom. The molecule has 2 aliphatic rings. The number of allylic oxidation sites excluding steroid dienone is 2. The van der Waals surface area contributed by atoms with Gasteiger partial charge in [0.1, 0.15) is 5.75 Å². The van der Waals surface area contributed by atoms with E-state index >= 15 is 0 Å². The molecule has 1 N–H and O–H groups in total. The van der Waals surface area contributed by atoms with E-state index in [2.05, 4.69) is 6.92 Å². The largest absolute Gasteiger partial charge is 0.482 e. The molecule has 0 saturated carbocycles. The first kappa shape index (κ1) is 16.7. The highest BCUT2D eigenvalue weighted by atomic mass is 16.5. The zero-order chi connectivity index (χ0) is 17.5. The summed E-state index contributed by atoms with van der Waals surface area (Å²) in [6.45, 7) is 5.85. The fraction of sp³-hybridized carbons (Fsp3) is 0.500. The van der Waals surface area contributed by atoms with E-state index in [0.717, 1.165) is 36.8 Å². The van der Waals surface area contributed by atoms with Crippen molar-refractivity contribution in [2.24, 2.45) is 5.41 Å². The Bertz CT molecular complexity index is 744. The first-order valence-corrected chi connectivity index (χ1v) is 8.61. The van der Waals surface area contributed by atoms with Gasteiger partial charge in [-0.05, 0) is 73.1 Å². The summed E-state index contributed by atoms with van der Waals surface area (Å²) >= 11 is 0. The molecule has 1 aromatic carbocycles. The van der Waals surface area contributed by atoms with E-state index in [4.69, 9.17) is 9.84 Å². The Balaban J connectivity index is 2.09. The summed E-state index contributed by atoms with van der Waals surface area (Å²) in [6.07, 6.45) is 6.46. The summed E-state index contributed by atoms with van der Waals surface area (Å²) in [7, 11) is 0. The van der Waals surface area contributed by atoms with Gasteiger partial charge in [0.2, 0.25) is 0 Å². The first-order chi connectivity index (χ1) is 11.4. The fourth-order valence-electron chi connectivity index (χ4n) is 4.35. The molecule has 0 amide bonds. The molecule has 0 unspecified atom stereocenters. The summed E-state index contributed by atoms with van der Waals surface area (Å²) in [5, 5.41) is 8.87. The van der Waals surface area contributed by atoms with Crippen LogP contribution in [0.2, 0.25) is 0 Å². The van der Waals surface area contributed by atoms with Crippen molar-refractivity contribution in [1.82, 2.24) is 0 Å². The van der Waals surface area contributed by atoms with Gasteiger partial charge in [-0.1, -0.05) is 13.3 Å². The summed E-state index contributed by atoms with van der Waals surface area (Å²) in [6, 6.07) is 1.99. The summed E-state index contributed by atoms with van der Waals surface area (Å²) in [4.78, 5) is 22.8. The quantitative estimate of drug-likeness (QED) is 0.891. The third kappa shape index (κ3) is 2.64. The van der Waals surface area contributed by atoms with Gasteiger partial charge in [0.25, 0.3) is 0 Å². The first-order valence-electron chi connectivity index (χ1n) is 8.61. The second kappa shape index (κ2) is 6.08. The monoisotopic (exact) mass is 328 g/mol. The molecular formula is C20H24O4. The zero-order valence-corrected chi connectivity index (χ0v) is 14.6. The number of hydrogen-bond acceptors (Lipinski definition) is 3. The number of aliphatic carboxylic acids is 1. The predicted octanol–water partition coefficient (Wildman–Crippen LogP) is 3.86. The molecule has 0 bridgehead atoms. The molecule has 2 aliphatic carbocycles. The maximum Gasteiger partial charge on any atom is 0.341 e. The van der Waals surface area contributed by atoms with Crippen LogP contribution in [0.1, 0.15) is 54.9 Å². The highest BCUT2D eigenvalue weighted by Gasteiger charge is 2.44. The molecule has 24 heavy (non-hydrogen) atoms. The number of carbonyl (C=O) groups is 2. The second-order valence-corrected chi connectivity index (χ2v) is 7.07. The van der Waals surface area contributed by atoms with Crippen molar-refractivity contribution in [2.75, 3.05) is 6.61 Å². The molecule has 4 nitrogen and oxygen atoms in total. The van der Waals surface area contributed by atoms with Crippen LogP contribution in [0.5, 0.6) is 5.75 Å². The SMILES string of the molecule is CCC[C@]12CCC(=O)C=C1c1c(cc(OCC(=O)O)c(C)c1C)C2. The van der Waals surface area contributed by atoms with Crippen LogP contribution in [0.15, 0.2) is 12.1 Å². The van der Waals surface area contributed by atoms with Crippen molar-refractivity contribution >= 4 is 17.3 Å². The molecule has 0 spiro atoms. The molecule has 128 valence electrons. The molecule has 1 aromatic rings. The summed E-state index contributed by atoms with van der Waals surface area (Å²) in [5.41, 5.74) is 5.70.